The van der Waals surface area contributed by atoms with Gasteiger partial charge in [0.25, 0.3) is 0 Å². The molecule has 2 rings (SSSR count). The summed E-state index contributed by atoms with van der Waals surface area (Å²) in [5.41, 5.74) is 4.58. The first-order valence-electron chi connectivity index (χ1n) is 5.88. The number of aryl methyl sites for hydroxylation is 1. The molecule has 2 aromatic rings. The Labute approximate surface area is 107 Å². The third-order valence-corrected chi connectivity index (χ3v) is 3.99. The van der Waals surface area contributed by atoms with Crippen LogP contribution in [0.25, 0.3) is 0 Å². The molecular weight excluding hydrogens is 228 g/mol. The predicted molar refractivity (Wildman–Crippen MR) is 73.3 cm³/mol. The fraction of sp³-hybridized carbons (Fsp3) is 0.357. The molecule has 0 aliphatic heterocycles. The predicted octanol–water partition coefficient (Wildman–Crippen LogP) is 3.86. The van der Waals surface area contributed by atoms with Crippen molar-refractivity contribution in [1.29, 1.82) is 0 Å². The molecule has 17 heavy (non-hydrogen) atoms. The van der Waals surface area contributed by atoms with E-state index in [0.29, 0.717) is 12.1 Å². The van der Waals surface area contributed by atoms with Crippen LogP contribution < -0.4 is 5.32 Å². The number of aromatic nitrogens is 1. The molecule has 2 nitrogen and oxygen atoms in total. The monoisotopic (exact) mass is 246 g/mol. The van der Waals surface area contributed by atoms with Gasteiger partial charge < -0.3 is 5.32 Å². The number of nitrogens with one attached hydrogen (secondary N) is 1. The smallest absolute Gasteiger partial charge is 0.0794 e. The first-order valence-corrected chi connectivity index (χ1v) is 6.76. The second-order valence-corrected chi connectivity index (χ2v) is 5.29. The summed E-state index contributed by atoms with van der Waals surface area (Å²) in [6, 6.07) is 9.22. The van der Waals surface area contributed by atoms with Crippen molar-refractivity contribution in [2.24, 2.45) is 0 Å². The molecule has 0 spiro atoms. The minimum atomic E-state index is 0.345. The Morgan fingerprint density at radius 2 is 1.94 bits per heavy atom. The molecule has 1 N–H and O–H groups in total. The quantitative estimate of drug-likeness (QED) is 0.886. The largest absolute Gasteiger partial charge is 0.303 e. The molecule has 0 radical (unpaired) electrons. The highest BCUT2D eigenvalue weighted by atomic mass is 32.1. The highest BCUT2D eigenvalue weighted by Crippen LogP contribution is 2.23. The van der Waals surface area contributed by atoms with Crippen molar-refractivity contribution in [3.8, 4) is 0 Å². The maximum Gasteiger partial charge on any atom is 0.0794 e. The van der Waals surface area contributed by atoms with E-state index in [0.717, 1.165) is 0 Å². The summed E-state index contributed by atoms with van der Waals surface area (Å²) in [5.74, 6) is 0. The molecule has 2 unspecified atom stereocenters. The third kappa shape index (κ3) is 2.93. The van der Waals surface area contributed by atoms with Crippen LogP contribution in [0.5, 0.6) is 0 Å². The van der Waals surface area contributed by atoms with Crippen LogP contribution >= 0.6 is 11.3 Å². The first kappa shape index (κ1) is 12.3. The highest BCUT2D eigenvalue weighted by Gasteiger charge is 2.13. The van der Waals surface area contributed by atoms with Crippen LogP contribution in [0.2, 0.25) is 0 Å². The molecule has 0 bridgehead atoms. The molecular formula is C14H18N2S. The van der Waals surface area contributed by atoms with E-state index in [9.17, 15) is 0 Å². The second-order valence-electron chi connectivity index (χ2n) is 4.37. The standard InChI is InChI=1S/C14H18N2S/c1-10-6-4-5-7-13(10)11(2)16-12(3)14-8-15-9-17-14/h4-9,11-12,16H,1-3H3. The van der Waals surface area contributed by atoms with Gasteiger partial charge in [0, 0.05) is 23.2 Å². The Bertz CT molecular complexity index is 465. The molecule has 0 aliphatic rings. The van der Waals surface area contributed by atoms with Gasteiger partial charge in [-0.05, 0) is 31.9 Å². The van der Waals surface area contributed by atoms with E-state index in [4.69, 9.17) is 0 Å². The van der Waals surface area contributed by atoms with Crippen molar-refractivity contribution in [2.45, 2.75) is 32.9 Å². The van der Waals surface area contributed by atoms with Gasteiger partial charge in [-0.2, -0.15) is 0 Å². The van der Waals surface area contributed by atoms with Crippen LogP contribution in [0, 0.1) is 6.92 Å². The molecule has 90 valence electrons. The molecule has 0 amide bonds. The van der Waals surface area contributed by atoms with Crippen molar-refractivity contribution in [1.82, 2.24) is 10.3 Å². The van der Waals surface area contributed by atoms with Crippen LogP contribution in [0.3, 0.4) is 0 Å². The fourth-order valence-electron chi connectivity index (χ4n) is 2.06. The Morgan fingerprint density at radius 3 is 2.59 bits per heavy atom. The first-order chi connectivity index (χ1) is 8.18. The molecule has 2 atom stereocenters. The summed E-state index contributed by atoms with van der Waals surface area (Å²) in [5, 5.41) is 3.61. The van der Waals surface area contributed by atoms with E-state index in [1.54, 1.807) is 11.3 Å². The summed E-state index contributed by atoms with van der Waals surface area (Å²) in [6.45, 7) is 6.55. The van der Waals surface area contributed by atoms with Gasteiger partial charge in [0.1, 0.15) is 0 Å². The van der Waals surface area contributed by atoms with E-state index in [1.165, 1.54) is 16.0 Å². The Kier molecular flexibility index (Phi) is 3.92. The second kappa shape index (κ2) is 5.43. The van der Waals surface area contributed by atoms with Crippen molar-refractivity contribution < 1.29 is 0 Å². The van der Waals surface area contributed by atoms with Crippen molar-refractivity contribution >= 4 is 11.3 Å². The van der Waals surface area contributed by atoms with Gasteiger partial charge in [-0.25, -0.2) is 0 Å². The lowest BCUT2D eigenvalue weighted by atomic mass is 10.0. The molecule has 0 saturated heterocycles. The van der Waals surface area contributed by atoms with Gasteiger partial charge in [-0.3, -0.25) is 4.98 Å². The zero-order chi connectivity index (χ0) is 12.3. The van der Waals surface area contributed by atoms with Crippen LogP contribution in [0.4, 0.5) is 0 Å². The van der Waals surface area contributed by atoms with Gasteiger partial charge in [0.15, 0.2) is 0 Å². The maximum atomic E-state index is 4.12. The van der Waals surface area contributed by atoms with Crippen molar-refractivity contribution in [3.05, 3.63) is 52.0 Å². The lowest BCUT2D eigenvalue weighted by molar-refractivity contribution is 0.498. The number of nitrogens with zero attached hydrogens (tertiary/aromatic N) is 1. The molecule has 0 saturated carbocycles. The Hall–Kier alpha value is -1.19. The van der Waals surface area contributed by atoms with Crippen molar-refractivity contribution in [3.63, 3.8) is 0 Å². The fourth-order valence-corrected chi connectivity index (χ4v) is 2.70. The lowest BCUT2D eigenvalue weighted by Gasteiger charge is -2.20. The SMILES string of the molecule is Cc1ccccc1C(C)NC(C)c1cncs1. The van der Waals surface area contributed by atoms with E-state index in [2.05, 4.69) is 55.3 Å². The van der Waals surface area contributed by atoms with E-state index < -0.39 is 0 Å². The van der Waals surface area contributed by atoms with E-state index >= 15 is 0 Å². The number of thiazole rings is 1. The van der Waals surface area contributed by atoms with Gasteiger partial charge in [0.05, 0.1) is 5.51 Å². The number of hydrogen-bond acceptors (Lipinski definition) is 3. The van der Waals surface area contributed by atoms with Gasteiger partial charge in [0.2, 0.25) is 0 Å². The molecule has 0 aliphatic carbocycles. The molecule has 3 heteroatoms. The molecule has 1 aromatic carbocycles. The highest BCUT2D eigenvalue weighted by molar-refractivity contribution is 7.09. The topological polar surface area (TPSA) is 24.9 Å². The average Bonchev–Trinajstić information content (AvgIpc) is 2.82. The van der Waals surface area contributed by atoms with E-state index in [1.807, 2.05) is 11.7 Å². The van der Waals surface area contributed by atoms with Gasteiger partial charge >= 0.3 is 0 Å². The summed E-state index contributed by atoms with van der Waals surface area (Å²) < 4.78 is 0. The van der Waals surface area contributed by atoms with Crippen LogP contribution in [-0.2, 0) is 0 Å². The number of rotatable bonds is 4. The van der Waals surface area contributed by atoms with Crippen LogP contribution in [0.1, 0.15) is 41.9 Å². The van der Waals surface area contributed by atoms with Gasteiger partial charge in [-0.1, -0.05) is 24.3 Å². The Balaban J connectivity index is 2.07. The summed E-state index contributed by atoms with van der Waals surface area (Å²) in [7, 11) is 0. The maximum absolute atomic E-state index is 4.12. The minimum absolute atomic E-state index is 0.345. The normalized spacial score (nSPS) is 14.5. The third-order valence-electron chi connectivity index (χ3n) is 3.03. The number of benzene rings is 1. The zero-order valence-corrected chi connectivity index (χ0v) is 11.3. The van der Waals surface area contributed by atoms with Crippen LogP contribution in [0.15, 0.2) is 36.0 Å². The van der Waals surface area contributed by atoms with Gasteiger partial charge in [-0.15, -0.1) is 11.3 Å². The molecule has 1 aromatic heterocycles. The minimum Gasteiger partial charge on any atom is -0.303 e. The van der Waals surface area contributed by atoms with E-state index in [-0.39, 0.29) is 0 Å². The van der Waals surface area contributed by atoms with Crippen molar-refractivity contribution in [2.75, 3.05) is 0 Å². The molecule has 0 fully saturated rings. The van der Waals surface area contributed by atoms with Crippen LogP contribution in [-0.4, -0.2) is 4.98 Å². The lowest BCUT2D eigenvalue weighted by Crippen LogP contribution is -2.22. The number of hydrogen-bond donors (Lipinski definition) is 1. The summed E-state index contributed by atoms with van der Waals surface area (Å²) in [4.78, 5) is 5.40. The summed E-state index contributed by atoms with van der Waals surface area (Å²) >= 11 is 1.70. The summed E-state index contributed by atoms with van der Waals surface area (Å²) in [6.07, 6.45) is 1.94. The zero-order valence-electron chi connectivity index (χ0n) is 10.5. The Morgan fingerprint density at radius 1 is 1.18 bits per heavy atom. The molecule has 1 heterocycles. The average molecular weight is 246 g/mol.